The fraction of sp³-hybridized carbons (Fsp3) is 0.500. The maximum atomic E-state index is 12.4. The standard InChI is InChI=1S/C14H20ClNO/c1-5-16(6-2)13(17)14(3,4)11-8-7-9-12(15)10-11/h7-10H,5-6H2,1-4H3. The third-order valence-corrected chi connectivity index (χ3v) is 3.37. The molecule has 0 saturated carbocycles. The lowest BCUT2D eigenvalue weighted by Gasteiger charge is -2.31. The summed E-state index contributed by atoms with van der Waals surface area (Å²) in [6.45, 7) is 9.35. The Morgan fingerprint density at radius 1 is 1.29 bits per heavy atom. The minimum Gasteiger partial charge on any atom is -0.343 e. The summed E-state index contributed by atoms with van der Waals surface area (Å²) >= 11 is 5.98. The van der Waals surface area contributed by atoms with Crippen molar-refractivity contribution in [3.63, 3.8) is 0 Å². The summed E-state index contributed by atoms with van der Waals surface area (Å²) in [5.74, 6) is 0.143. The van der Waals surface area contributed by atoms with E-state index in [4.69, 9.17) is 11.6 Å². The molecule has 0 bridgehead atoms. The second kappa shape index (κ2) is 5.54. The van der Waals surface area contributed by atoms with Gasteiger partial charge in [-0.15, -0.1) is 0 Å². The average molecular weight is 254 g/mol. The molecule has 0 atom stereocenters. The number of carbonyl (C=O) groups is 1. The molecule has 3 heteroatoms. The van der Waals surface area contributed by atoms with Crippen LogP contribution in [0.15, 0.2) is 24.3 Å². The first-order chi connectivity index (χ1) is 7.93. The molecule has 0 aliphatic heterocycles. The van der Waals surface area contributed by atoms with Crippen LogP contribution in [-0.2, 0) is 10.2 Å². The molecule has 0 spiro atoms. The number of rotatable bonds is 4. The van der Waals surface area contributed by atoms with E-state index in [1.165, 1.54) is 0 Å². The van der Waals surface area contributed by atoms with E-state index < -0.39 is 5.41 Å². The van der Waals surface area contributed by atoms with Gasteiger partial charge < -0.3 is 4.90 Å². The van der Waals surface area contributed by atoms with E-state index >= 15 is 0 Å². The Hall–Kier alpha value is -1.02. The van der Waals surface area contributed by atoms with Gasteiger partial charge in [0.15, 0.2) is 0 Å². The van der Waals surface area contributed by atoms with Crippen LogP contribution in [0.4, 0.5) is 0 Å². The maximum absolute atomic E-state index is 12.4. The van der Waals surface area contributed by atoms with Gasteiger partial charge in [-0.1, -0.05) is 23.7 Å². The molecule has 0 radical (unpaired) electrons. The topological polar surface area (TPSA) is 20.3 Å². The Labute approximate surface area is 109 Å². The molecule has 0 saturated heterocycles. The quantitative estimate of drug-likeness (QED) is 0.805. The second-order valence-electron chi connectivity index (χ2n) is 4.61. The van der Waals surface area contributed by atoms with Crippen LogP contribution >= 0.6 is 11.6 Å². The zero-order valence-electron chi connectivity index (χ0n) is 11.0. The Morgan fingerprint density at radius 2 is 1.88 bits per heavy atom. The van der Waals surface area contributed by atoms with Crippen molar-refractivity contribution in [3.05, 3.63) is 34.9 Å². The zero-order chi connectivity index (χ0) is 13.1. The Kier molecular flexibility index (Phi) is 4.58. The van der Waals surface area contributed by atoms with Crippen LogP contribution in [0.2, 0.25) is 5.02 Å². The molecule has 0 aromatic heterocycles. The van der Waals surface area contributed by atoms with Crippen LogP contribution in [-0.4, -0.2) is 23.9 Å². The van der Waals surface area contributed by atoms with Gasteiger partial charge in [-0.2, -0.15) is 0 Å². The summed E-state index contributed by atoms with van der Waals surface area (Å²) in [5.41, 5.74) is 0.429. The number of nitrogens with zero attached hydrogens (tertiary/aromatic N) is 1. The van der Waals surface area contributed by atoms with Gasteiger partial charge >= 0.3 is 0 Å². The molecule has 0 N–H and O–H groups in total. The third-order valence-electron chi connectivity index (χ3n) is 3.13. The van der Waals surface area contributed by atoms with Gasteiger partial charge in [0.05, 0.1) is 5.41 Å². The molecule has 1 amide bonds. The van der Waals surface area contributed by atoms with E-state index in [0.717, 1.165) is 18.7 Å². The number of amides is 1. The van der Waals surface area contributed by atoms with E-state index in [9.17, 15) is 4.79 Å². The first kappa shape index (κ1) is 14.0. The van der Waals surface area contributed by atoms with Gasteiger partial charge in [0.1, 0.15) is 0 Å². The van der Waals surface area contributed by atoms with Crippen molar-refractivity contribution < 1.29 is 4.79 Å². The molecule has 17 heavy (non-hydrogen) atoms. The number of carbonyl (C=O) groups excluding carboxylic acids is 1. The van der Waals surface area contributed by atoms with Gasteiger partial charge in [-0.3, -0.25) is 4.79 Å². The Bertz CT molecular complexity index is 397. The molecule has 0 fully saturated rings. The number of likely N-dealkylation sites (N-methyl/N-ethyl adjacent to an activating group) is 1. The molecule has 0 aliphatic carbocycles. The number of benzene rings is 1. The van der Waals surface area contributed by atoms with Crippen molar-refractivity contribution in [2.45, 2.75) is 33.1 Å². The van der Waals surface area contributed by atoms with Crippen molar-refractivity contribution in [2.24, 2.45) is 0 Å². The lowest BCUT2D eigenvalue weighted by atomic mass is 9.83. The van der Waals surface area contributed by atoms with Crippen LogP contribution in [0.25, 0.3) is 0 Å². The monoisotopic (exact) mass is 253 g/mol. The van der Waals surface area contributed by atoms with E-state index in [1.54, 1.807) is 0 Å². The Morgan fingerprint density at radius 3 is 2.35 bits per heavy atom. The van der Waals surface area contributed by atoms with E-state index in [1.807, 2.05) is 56.9 Å². The third kappa shape index (κ3) is 3.01. The van der Waals surface area contributed by atoms with Crippen LogP contribution < -0.4 is 0 Å². The largest absolute Gasteiger partial charge is 0.343 e. The van der Waals surface area contributed by atoms with Gasteiger partial charge in [0.2, 0.25) is 5.91 Å². The van der Waals surface area contributed by atoms with Gasteiger partial charge in [0, 0.05) is 18.1 Å². The van der Waals surface area contributed by atoms with Crippen LogP contribution in [0, 0.1) is 0 Å². The fourth-order valence-electron chi connectivity index (χ4n) is 1.91. The van der Waals surface area contributed by atoms with Crippen LogP contribution in [0.5, 0.6) is 0 Å². The number of hydrogen-bond acceptors (Lipinski definition) is 1. The summed E-state index contributed by atoms with van der Waals surface area (Å²) in [5, 5.41) is 0.669. The smallest absolute Gasteiger partial charge is 0.232 e. The van der Waals surface area contributed by atoms with Crippen molar-refractivity contribution >= 4 is 17.5 Å². The second-order valence-corrected chi connectivity index (χ2v) is 5.05. The van der Waals surface area contributed by atoms with E-state index in [0.29, 0.717) is 5.02 Å². The normalized spacial score (nSPS) is 11.4. The molecule has 94 valence electrons. The summed E-state index contributed by atoms with van der Waals surface area (Å²) in [6, 6.07) is 7.52. The van der Waals surface area contributed by atoms with Gasteiger partial charge in [-0.05, 0) is 45.4 Å². The minimum atomic E-state index is -0.531. The van der Waals surface area contributed by atoms with Crippen molar-refractivity contribution in [3.8, 4) is 0 Å². The predicted molar refractivity (Wildman–Crippen MR) is 72.4 cm³/mol. The lowest BCUT2D eigenvalue weighted by molar-refractivity contribution is -0.135. The van der Waals surface area contributed by atoms with E-state index in [-0.39, 0.29) is 5.91 Å². The molecule has 1 aromatic rings. The first-order valence-electron chi connectivity index (χ1n) is 5.98. The molecule has 0 aliphatic rings. The highest BCUT2D eigenvalue weighted by Gasteiger charge is 2.32. The zero-order valence-corrected chi connectivity index (χ0v) is 11.7. The van der Waals surface area contributed by atoms with Crippen LogP contribution in [0.3, 0.4) is 0 Å². The molecular formula is C14H20ClNO. The van der Waals surface area contributed by atoms with Crippen molar-refractivity contribution in [2.75, 3.05) is 13.1 Å². The Balaban J connectivity index is 3.05. The molecule has 1 aromatic carbocycles. The van der Waals surface area contributed by atoms with Crippen LogP contribution in [0.1, 0.15) is 33.3 Å². The number of halogens is 1. The molecular weight excluding hydrogens is 234 g/mol. The van der Waals surface area contributed by atoms with Gasteiger partial charge in [-0.25, -0.2) is 0 Å². The molecule has 0 heterocycles. The predicted octanol–water partition coefficient (Wildman–Crippen LogP) is 3.49. The molecule has 2 nitrogen and oxygen atoms in total. The molecule has 1 rings (SSSR count). The highest BCUT2D eigenvalue weighted by molar-refractivity contribution is 6.30. The maximum Gasteiger partial charge on any atom is 0.232 e. The first-order valence-corrected chi connectivity index (χ1v) is 6.36. The van der Waals surface area contributed by atoms with Gasteiger partial charge in [0.25, 0.3) is 0 Å². The highest BCUT2D eigenvalue weighted by Crippen LogP contribution is 2.27. The summed E-state index contributed by atoms with van der Waals surface area (Å²) in [6.07, 6.45) is 0. The summed E-state index contributed by atoms with van der Waals surface area (Å²) in [4.78, 5) is 14.3. The summed E-state index contributed by atoms with van der Waals surface area (Å²) in [7, 11) is 0. The average Bonchev–Trinajstić information content (AvgIpc) is 2.30. The SMILES string of the molecule is CCN(CC)C(=O)C(C)(C)c1cccc(Cl)c1. The fourth-order valence-corrected chi connectivity index (χ4v) is 2.10. The van der Waals surface area contributed by atoms with E-state index in [2.05, 4.69) is 0 Å². The van der Waals surface area contributed by atoms with Crippen molar-refractivity contribution in [1.29, 1.82) is 0 Å². The lowest BCUT2D eigenvalue weighted by Crippen LogP contribution is -2.43. The van der Waals surface area contributed by atoms with Crippen molar-refractivity contribution in [1.82, 2.24) is 4.90 Å². The summed E-state index contributed by atoms with van der Waals surface area (Å²) < 4.78 is 0. The highest BCUT2D eigenvalue weighted by atomic mass is 35.5. The molecule has 0 unspecified atom stereocenters. The minimum absolute atomic E-state index is 0.143. The number of hydrogen-bond donors (Lipinski definition) is 0.